The van der Waals surface area contributed by atoms with E-state index in [1.165, 1.54) is 0 Å². The molecule has 0 unspecified atom stereocenters. The lowest BCUT2D eigenvalue weighted by molar-refractivity contribution is -0.140. The Morgan fingerprint density at radius 1 is 1.12 bits per heavy atom. The molecule has 1 amide bonds. The van der Waals surface area contributed by atoms with Crippen LogP contribution in [0.5, 0.6) is 5.75 Å². The van der Waals surface area contributed by atoms with Crippen LogP contribution in [0.25, 0.3) is 5.76 Å². The van der Waals surface area contributed by atoms with Crippen LogP contribution in [0.3, 0.4) is 0 Å². The third-order valence-electron chi connectivity index (χ3n) is 6.03. The van der Waals surface area contributed by atoms with Crippen molar-refractivity contribution >= 4 is 17.4 Å². The second-order valence-electron chi connectivity index (χ2n) is 8.20. The Morgan fingerprint density at radius 3 is 2.50 bits per heavy atom. The molecule has 0 spiro atoms. The monoisotopic (exact) mass is 463 g/mol. The standard InChI is InChI=1S/C26H29N3O5/c1-2-16-34-21-6-4-20(5-7-21)24(30)22-23(19-8-10-27-11-9-19)29(26(32)25(22)31)13-3-12-28-14-17-33-18-15-28/h2,4-11,23,30H,1,3,12-18H2/b24-22+/t23-/m1/s1. The summed E-state index contributed by atoms with van der Waals surface area (Å²) in [5, 5.41) is 11.1. The number of aliphatic hydroxyl groups is 1. The Morgan fingerprint density at radius 2 is 1.82 bits per heavy atom. The molecule has 8 heteroatoms. The Balaban J connectivity index is 1.61. The van der Waals surface area contributed by atoms with Crippen LogP contribution in [0.4, 0.5) is 0 Å². The van der Waals surface area contributed by atoms with Crippen LogP contribution >= 0.6 is 0 Å². The van der Waals surface area contributed by atoms with Gasteiger partial charge in [0.25, 0.3) is 11.7 Å². The van der Waals surface area contributed by atoms with Gasteiger partial charge < -0.3 is 19.5 Å². The smallest absolute Gasteiger partial charge is 0.295 e. The molecule has 0 aliphatic carbocycles. The molecule has 0 saturated carbocycles. The number of nitrogens with zero attached hydrogens (tertiary/aromatic N) is 3. The third-order valence-corrected chi connectivity index (χ3v) is 6.03. The highest BCUT2D eigenvalue weighted by Gasteiger charge is 2.45. The number of hydrogen-bond donors (Lipinski definition) is 1. The molecule has 1 N–H and O–H groups in total. The number of aliphatic hydroxyl groups excluding tert-OH is 1. The third kappa shape index (κ3) is 5.18. The van der Waals surface area contributed by atoms with E-state index in [0.717, 1.165) is 25.2 Å². The van der Waals surface area contributed by atoms with Crippen LogP contribution in [-0.2, 0) is 14.3 Å². The summed E-state index contributed by atoms with van der Waals surface area (Å²) >= 11 is 0. The van der Waals surface area contributed by atoms with E-state index in [4.69, 9.17) is 9.47 Å². The van der Waals surface area contributed by atoms with Crippen LogP contribution in [0, 0.1) is 0 Å². The number of morpholine rings is 1. The minimum Gasteiger partial charge on any atom is -0.507 e. The molecule has 2 aromatic rings. The minimum atomic E-state index is -0.683. The Kier molecular flexibility index (Phi) is 7.72. The average molecular weight is 464 g/mol. The van der Waals surface area contributed by atoms with Gasteiger partial charge in [-0.1, -0.05) is 12.7 Å². The van der Waals surface area contributed by atoms with Gasteiger partial charge in [-0.25, -0.2) is 0 Å². The predicted molar refractivity (Wildman–Crippen MR) is 127 cm³/mol. The fourth-order valence-electron chi connectivity index (χ4n) is 4.31. The number of hydrogen-bond acceptors (Lipinski definition) is 7. The Hall–Kier alpha value is -3.49. The van der Waals surface area contributed by atoms with Gasteiger partial charge in [0.05, 0.1) is 24.8 Å². The summed E-state index contributed by atoms with van der Waals surface area (Å²) in [5.41, 5.74) is 1.26. The lowest BCUT2D eigenvalue weighted by Crippen LogP contribution is -2.38. The van der Waals surface area contributed by atoms with Crippen molar-refractivity contribution in [1.82, 2.24) is 14.8 Å². The quantitative estimate of drug-likeness (QED) is 0.265. The number of carbonyl (C=O) groups excluding carboxylic acids is 2. The first kappa shape index (κ1) is 23.7. The molecule has 0 bridgehead atoms. The second-order valence-corrected chi connectivity index (χ2v) is 8.20. The van der Waals surface area contributed by atoms with Crippen LogP contribution in [0.2, 0.25) is 0 Å². The van der Waals surface area contributed by atoms with Gasteiger partial charge in [0, 0.05) is 44.1 Å². The molecule has 3 heterocycles. The van der Waals surface area contributed by atoms with E-state index in [-0.39, 0.29) is 11.3 Å². The van der Waals surface area contributed by atoms with Crippen LogP contribution in [0.1, 0.15) is 23.6 Å². The molecule has 2 aliphatic rings. The SMILES string of the molecule is C=CCOc1ccc(/C(O)=C2\C(=O)C(=O)N(CCCN3CCOCC3)[C@@H]2c2ccncc2)cc1. The summed E-state index contributed by atoms with van der Waals surface area (Å²) in [7, 11) is 0. The number of pyridine rings is 1. The zero-order valence-corrected chi connectivity index (χ0v) is 19.1. The maximum absolute atomic E-state index is 13.1. The molecular weight excluding hydrogens is 434 g/mol. The molecule has 2 saturated heterocycles. The predicted octanol–water partition coefficient (Wildman–Crippen LogP) is 2.79. The van der Waals surface area contributed by atoms with Crippen molar-refractivity contribution < 1.29 is 24.2 Å². The van der Waals surface area contributed by atoms with E-state index in [0.29, 0.717) is 44.1 Å². The van der Waals surface area contributed by atoms with Gasteiger partial charge in [0.15, 0.2) is 0 Å². The summed E-state index contributed by atoms with van der Waals surface area (Å²) in [6.07, 6.45) is 5.59. The van der Waals surface area contributed by atoms with Crippen molar-refractivity contribution in [2.45, 2.75) is 12.5 Å². The number of Topliss-reactive ketones (excluding diaryl/α,β-unsaturated/α-hetero) is 1. The fourth-order valence-corrected chi connectivity index (χ4v) is 4.31. The van der Waals surface area contributed by atoms with E-state index >= 15 is 0 Å². The van der Waals surface area contributed by atoms with Gasteiger partial charge in [-0.2, -0.15) is 0 Å². The number of aromatic nitrogens is 1. The van der Waals surface area contributed by atoms with Gasteiger partial charge in [0.1, 0.15) is 18.1 Å². The second kappa shape index (κ2) is 11.1. The summed E-state index contributed by atoms with van der Waals surface area (Å²) in [4.78, 5) is 34.1. The summed E-state index contributed by atoms with van der Waals surface area (Å²) in [6.45, 7) is 8.33. The van der Waals surface area contributed by atoms with Crippen LogP contribution < -0.4 is 4.74 Å². The molecule has 2 fully saturated rings. The van der Waals surface area contributed by atoms with Crippen LogP contribution in [0.15, 0.2) is 67.0 Å². The van der Waals surface area contributed by atoms with Gasteiger partial charge in [0.2, 0.25) is 0 Å². The lowest BCUT2D eigenvalue weighted by Gasteiger charge is -2.29. The molecule has 0 radical (unpaired) electrons. The Labute approximate surface area is 199 Å². The number of benzene rings is 1. The summed E-state index contributed by atoms with van der Waals surface area (Å²) in [6, 6.07) is 9.61. The van der Waals surface area contributed by atoms with Crippen molar-refractivity contribution in [3.63, 3.8) is 0 Å². The highest BCUT2D eigenvalue weighted by molar-refractivity contribution is 6.46. The highest BCUT2D eigenvalue weighted by atomic mass is 16.5. The topological polar surface area (TPSA) is 92.2 Å². The van der Waals surface area contributed by atoms with Crippen LogP contribution in [-0.4, -0.2) is 77.6 Å². The molecule has 1 aromatic heterocycles. The number of ether oxygens (including phenoxy) is 2. The van der Waals surface area contributed by atoms with Gasteiger partial charge >= 0.3 is 0 Å². The average Bonchev–Trinajstić information content (AvgIpc) is 3.13. The van der Waals surface area contributed by atoms with E-state index in [1.54, 1.807) is 59.8 Å². The van der Waals surface area contributed by atoms with Gasteiger partial charge in [-0.05, 0) is 48.4 Å². The number of rotatable bonds is 9. The maximum Gasteiger partial charge on any atom is 0.295 e. The van der Waals surface area contributed by atoms with Crippen molar-refractivity contribution in [3.8, 4) is 5.75 Å². The molecule has 8 nitrogen and oxygen atoms in total. The van der Waals surface area contributed by atoms with E-state index in [2.05, 4.69) is 16.5 Å². The number of amides is 1. The molecule has 1 aromatic carbocycles. The highest BCUT2D eigenvalue weighted by Crippen LogP contribution is 2.39. The first-order valence-corrected chi connectivity index (χ1v) is 11.4. The number of ketones is 1. The first-order chi connectivity index (χ1) is 16.6. The first-order valence-electron chi connectivity index (χ1n) is 11.4. The molecule has 4 rings (SSSR count). The van der Waals surface area contributed by atoms with Crippen molar-refractivity contribution in [3.05, 3.63) is 78.1 Å². The van der Waals surface area contributed by atoms with Crippen molar-refractivity contribution in [1.29, 1.82) is 0 Å². The molecule has 2 aliphatic heterocycles. The fraction of sp³-hybridized carbons (Fsp3) is 0.346. The summed E-state index contributed by atoms with van der Waals surface area (Å²) < 4.78 is 10.9. The zero-order chi connectivity index (χ0) is 23.9. The zero-order valence-electron chi connectivity index (χ0n) is 19.1. The summed E-state index contributed by atoms with van der Waals surface area (Å²) in [5.74, 6) is -0.870. The molecule has 34 heavy (non-hydrogen) atoms. The van der Waals surface area contributed by atoms with E-state index in [9.17, 15) is 14.7 Å². The van der Waals surface area contributed by atoms with Crippen molar-refractivity contribution in [2.24, 2.45) is 0 Å². The lowest BCUT2D eigenvalue weighted by atomic mass is 9.96. The minimum absolute atomic E-state index is 0.0855. The van der Waals surface area contributed by atoms with E-state index < -0.39 is 17.7 Å². The number of likely N-dealkylation sites (tertiary alicyclic amines) is 1. The largest absolute Gasteiger partial charge is 0.507 e. The maximum atomic E-state index is 13.1. The molecule has 1 atom stereocenters. The molecular formula is C26H29N3O5. The molecule has 178 valence electrons. The van der Waals surface area contributed by atoms with Gasteiger partial charge in [-0.3, -0.25) is 19.5 Å². The normalized spacial score (nSPS) is 20.5. The Bertz CT molecular complexity index is 1050. The van der Waals surface area contributed by atoms with E-state index in [1.807, 2.05) is 0 Å². The number of carbonyl (C=O) groups is 2. The van der Waals surface area contributed by atoms with Gasteiger partial charge in [-0.15, -0.1) is 0 Å². The van der Waals surface area contributed by atoms with Crippen molar-refractivity contribution in [2.75, 3.05) is 46.0 Å².